The molecule has 1 aromatic heterocycles. The first-order chi connectivity index (χ1) is 16.9. The van der Waals surface area contributed by atoms with Crippen LogP contribution in [-0.2, 0) is 23.1 Å². The van der Waals surface area contributed by atoms with E-state index in [0.717, 1.165) is 5.56 Å². The second kappa shape index (κ2) is 10.5. The van der Waals surface area contributed by atoms with Crippen molar-refractivity contribution in [2.24, 2.45) is 0 Å². The predicted molar refractivity (Wildman–Crippen MR) is 134 cm³/mol. The summed E-state index contributed by atoms with van der Waals surface area (Å²) in [4.78, 5) is 14.5. The van der Waals surface area contributed by atoms with Crippen molar-refractivity contribution < 1.29 is 22.4 Å². The monoisotopic (exact) mass is 490 g/mol. The van der Waals surface area contributed by atoms with Gasteiger partial charge < -0.3 is 14.1 Å². The zero-order chi connectivity index (χ0) is 24.8. The van der Waals surface area contributed by atoms with Crippen LogP contribution in [0.4, 0.5) is 5.69 Å². The zero-order valence-corrected chi connectivity index (χ0v) is 20.3. The Hall–Kier alpha value is -4.04. The molecule has 0 saturated carbocycles. The smallest absolute Gasteiger partial charge is 0.264 e. The minimum atomic E-state index is -4.00. The van der Waals surface area contributed by atoms with Gasteiger partial charge in [0.25, 0.3) is 15.9 Å². The van der Waals surface area contributed by atoms with Crippen molar-refractivity contribution in [2.45, 2.75) is 18.0 Å². The maximum absolute atomic E-state index is 13.8. The topological polar surface area (TPSA) is 80.1 Å². The fraction of sp³-hybridized carbons (Fsp3) is 0.148. The molecule has 1 heterocycles. The van der Waals surface area contributed by atoms with Gasteiger partial charge in [-0.25, -0.2) is 8.42 Å². The molecule has 0 aliphatic heterocycles. The second-order valence-corrected chi connectivity index (χ2v) is 9.83. The quantitative estimate of drug-likeness (QED) is 0.331. The SMILES string of the molecule is COc1ccc(N(Cc2ccccc2)S(=O)(=O)c2cccc(C(=O)N(C)Cc3ccco3)c2)cc1. The molecule has 3 aromatic carbocycles. The Bertz CT molecular complexity index is 1370. The lowest BCUT2D eigenvalue weighted by Crippen LogP contribution is -2.31. The third kappa shape index (κ3) is 5.55. The molecule has 0 saturated heterocycles. The van der Waals surface area contributed by atoms with Gasteiger partial charge in [-0.2, -0.15) is 0 Å². The maximum atomic E-state index is 13.8. The fourth-order valence-corrected chi connectivity index (χ4v) is 5.16. The number of rotatable bonds is 9. The summed E-state index contributed by atoms with van der Waals surface area (Å²) >= 11 is 0. The van der Waals surface area contributed by atoms with E-state index in [-0.39, 0.29) is 29.5 Å². The molecule has 0 radical (unpaired) electrons. The Morgan fingerprint density at radius 3 is 2.29 bits per heavy atom. The molecule has 35 heavy (non-hydrogen) atoms. The van der Waals surface area contributed by atoms with Gasteiger partial charge in [0.1, 0.15) is 11.5 Å². The molecule has 1 amide bonds. The van der Waals surface area contributed by atoms with E-state index >= 15 is 0 Å². The van der Waals surface area contributed by atoms with E-state index in [1.54, 1.807) is 69.0 Å². The molecule has 0 spiro atoms. The summed E-state index contributed by atoms with van der Waals surface area (Å²) in [5.41, 5.74) is 1.59. The van der Waals surface area contributed by atoms with Crippen molar-refractivity contribution in [3.63, 3.8) is 0 Å². The van der Waals surface area contributed by atoms with Crippen molar-refractivity contribution in [2.75, 3.05) is 18.5 Å². The minimum absolute atomic E-state index is 0.0292. The summed E-state index contributed by atoms with van der Waals surface area (Å²) < 4.78 is 39.6. The van der Waals surface area contributed by atoms with E-state index in [0.29, 0.717) is 17.2 Å². The van der Waals surface area contributed by atoms with Crippen LogP contribution in [0, 0.1) is 0 Å². The minimum Gasteiger partial charge on any atom is -0.497 e. The molecule has 180 valence electrons. The van der Waals surface area contributed by atoms with Gasteiger partial charge in [0.05, 0.1) is 37.0 Å². The second-order valence-electron chi connectivity index (χ2n) is 7.96. The third-order valence-corrected chi connectivity index (χ3v) is 7.29. The standard InChI is InChI=1S/C27H26N2O5S/c1-28(20-25-11-7-17-34-25)27(30)22-10-6-12-26(18-22)35(31,32)29(19-21-8-4-3-5-9-21)23-13-15-24(33-2)16-14-23/h3-18H,19-20H2,1-2H3. The Morgan fingerprint density at radius 2 is 1.63 bits per heavy atom. The van der Waals surface area contributed by atoms with Crippen LogP contribution in [0.3, 0.4) is 0 Å². The van der Waals surface area contributed by atoms with Crippen molar-refractivity contribution in [1.29, 1.82) is 0 Å². The van der Waals surface area contributed by atoms with Gasteiger partial charge in [0, 0.05) is 12.6 Å². The van der Waals surface area contributed by atoms with E-state index < -0.39 is 10.0 Å². The highest BCUT2D eigenvalue weighted by Gasteiger charge is 2.27. The summed E-state index contributed by atoms with van der Waals surface area (Å²) in [6, 6.07) is 25.8. The Morgan fingerprint density at radius 1 is 0.886 bits per heavy atom. The molecule has 0 aliphatic rings. The molecule has 0 atom stereocenters. The highest BCUT2D eigenvalue weighted by Crippen LogP contribution is 2.28. The van der Waals surface area contributed by atoms with Crippen molar-refractivity contribution in [3.8, 4) is 5.75 Å². The van der Waals surface area contributed by atoms with Crippen LogP contribution in [0.5, 0.6) is 5.75 Å². The Labute approximate surface area is 205 Å². The van der Waals surface area contributed by atoms with Crippen LogP contribution >= 0.6 is 0 Å². The zero-order valence-electron chi connectivity index (χ0n) is 19.5. The first-order valence-electron chi connectivity index (χ1n) is 11.0. The molecule has 4 aromatic rings. The number of benzene rings is 3. The number of amides is 1. The average molecular weight is 491 g/mol. The number of anilines is 1. The van der Waals surface area contributed by atoms with E-state index in [9.17, 15) is 13.2 Å². The summed E-state index contributed by atoms with van der Waals surface area (Å²) in [6.45, 7) is 0.404. The van der Waals surface area contributed by atoms with E-state index in [1.165, 1.54) is 21.3 Å². The van der Waals surface area contributed by atoms with Crippen LogP contribution in [0.2, 0.25) is 0 Å². The number of nitrogens with zero attached hydrogens (tertiary/aromatic N) is 2. The molecule has 0 aliphatic carbocycles. The van der Waals surface area contributed by atoms with Gasteiger partial charge >= 0.3 is 0 Å². The summed E-state index contributed by atoms with van der Waals surface area (Å²) in [6.07, 6.45) is 1.54. The molecule has 0 N–H and O–H groups in total. The Balaban J connectivity index is 1.67. The number of hydrogen-bond donors (Lipinski definition) is 0. The molecule has 4 rings (SSSR count). The molecular weight excluding hydrogens is 464 g/mol. The normalized spacial score (nSPS) is 11.1. The van der Waals surface area contributed by atoms with Crippen LogP contribution in [0.1, 0.15) is 21.7 Å². The lowest BCUT2D eigenvalue weighted by atomic mass is 10.2. The van der Waals surface area contributed by atoms with E-state index in [1.807, 2.05) is 30.3 Å². The maximum Gasteiger partial charge on any atom is 0.264 e. The number of sulfonamides is 1. The Kier molecular flexibility index (Phi) is 7.22. The van der Waals surface area contributed by atoms with Gasteiger partial charge in [-0.15, -0.1) is 0 Å². The average Bonchev–Trinajstić information content (AvgIpc) is 3.40. The molecular formula is C27H26N2O5S. The molecule has 0 bridgehead atoms. The highest BCUT2D eigenvalue weighted by molar-refractivity contribution is 7.92. The predicted octanol–water partition coefficient (Wildman–Crippen LogP) is 4.96. The van der Waals surface area contributed by atoms with E-state index in [4.69, 9.17) is 9.15 Å². The van der Waals surface area contributed by atoms with Gasteiger partial charge in [-0.1, -0.05) is 36.4 Å². The molecule has 7 nitrogen and oxygen atoms in total. The highest BCUT2D eigenvalue weighted by atomic mass is 32.2. The number of ether oxygens (including phenoxy) is 1. The van der Waals surface area contributed by atoms with Crippen LogP contribution in [0.15, 0.2) is 107 Å². The van der Waals surface area contributed by atoms with Crippen molar-refractivity contribution in [3.05, 3.63) is 114 Å². The lowest BCUT2D eigenvalue weighted by Gasteiger charge is -2.25. The van der Waals surface area contributed by atoms with Crippen LogP contribution in [0.25, 0.3) is 0 Å². The summed E-state index contributed by atoms with van der Waals surface area (Å²) in [5, 5.41) is 0. The molecule has 8 heteroatoms. The van der Waals surface area contributed by atoms with Gasteiger partial charge in [0.2, 0.25) is 0 Å². The lowest BCUT2D eigenvalue weighted by molar-refractivity contribution is 0.0775. The van der Waals surface area contributed by atoms with Gasteiger partial charge in [-0.3, -0.25) is 9.10 Å². The van der Waals surface area contributed by atoms with Gasteiger partial charge in [0.15, 0.2) is 0 Å². The first kappa shape index (κ1) is 24.1. The van der Waals surface area contributed by atoms with Crippen LogP contribution in [-0.4, -0.2) is 33.4 Å². The summed E-state index contributed by atoms with van der Waals surface area (Å²) in [5.74, 6) is 0.952. The van der Waals surface area contributed by atoms with Crippen molar-refractivity contribution >= 4 is 21.6 Å². The number of carbonyl (C=O) groups is 1. The van der Waals surface area contributed by atoms with Crippen LogP contribution < -0.4 is 9.04 Å². The first-order valence-corrected chi connectivity index (χ1v) is 12.4. The number of furan rings is 1. The third-order valence-electron chi connectivity index (χ3n) is 5.52. The number of methoxy groups -OCH3 is 1. The van der Waals surface area contributed by atoms with Gasteiger partial charge in [-0.05, 0) is 60.2 Å². The molecule has 0 unspecified atom stereocenters. The number of carbonyl (C=O) groups excluding carboxylic acids is 1. The summed E-state index contributed by atoms with van der Waals surface area (Å²) in [7, 11) is -0.802. The fourth-order valence-electron chi connectivity index (χ4n) is 3.66. The van der Waals surface area contributed by atoms with Crippen molar-refractivity contribution in [1.82, 2.24) is 4.90 Å². The largest absolute Gasteiger partial charge is 0.497 e. The van der Waals surface area contributed by atoms with E-state index in [2.05, 4.69) is 0 Å². The molecule has 0 fully saturated rings. The number of hydrogen-bond acceptors (Lipinski definition) is 5.